The second-order valence-corrected chi connectivity index (χ2v) is 8.37. The SMILES string of the molecule is Cc1nnc(CNC(=NCc2ccccc2)NC(C)c2ccc(OCC(C)C)cc2)n1C.I. The second kappa shape index (κ2) is 13.2. The molecule has 0 aliphatic carbocycles. The monoisotopic (exact) mass is 562 g/mol. The lowest BCUT2D eigenvalue weighted by molar-refractivity contribution is 0.271. The van der Waals surface area contributed by atoms with E-state index in [1.165, 1.54) is 0 Å². The maximum atomic E-state index is 5.80. The predicted octanol–water partition coefficient (Wildman–Crippen LogP) is 4.77. The predicted molar refractivity (Wildman–Crippen MR) is 144 cm³/mol. The lowest BCUT2D eigenvalue weighted by Crippen LogP contribution is -2.39. The number of halogens is 1. The minimum absolute atomic E-state index is 0. The van der Waals surface area contributed by atoms with E-state index >= 15 is 0 Å². The molecule has 0 aliphatic heterocycles. The van der Waals surface area contributed by atoms with Gasteiger partial charge in [0.1, 0.15) is 11.6 Å². The number of guanidine groups is 1. The number of aromatic nitrogens is 3. The molecule has 1 unspecified atom stereocenters. The number of nitrogens with zero attached hydrogens (tertiary/aromatic N) is 4. The maximum absolute atomic E-state index is 5.80. The summed E-state index contributed by atoms with van der Waals surface area (Å²) in [6.45, 7) is 10.2. The number of hydrogen-bond donors (Lipinski definition) is 2. The fraction of sp³-hybridized carbons (Fsp3) is 0.400. The third-order valence-electron chi connectivity index (χ3n) is 5.18. The van der Waals surface area contributed by atoms with Gasteiger partial charge >= 0.3 is 0 Å². The average molecular weight is 563 g/mol. The Morgan fingerprint density at radius 2 is 1.73 bits per heavy atom. The summed E-state index contributed by atoms with van der Waals surface area (Å²) < 4.78 is 7.77. The van der Waals surface area contributed by atoms with Gasteiger partial charge in [-0.2, -0.15) is 0 Å². The quantitative estimate of drug-likeness (QED) is 0.223. The van der Waals surface area contributed by atoms with Gasteiger partial charge in [0.2, 0.25) is 0 Å². The fourth-order valence-corrected chi connectivity index (χ4v) is 3.08. The highest BCUT2D eigenvalue weighted by Crippen LogP contribution is 2.18. The van der Waals surface area contributed by atoms with Gasteiger partial charge in [0.15, 0.2) is 11.8 Å². The minimum Gasteiger partial charge on any atom is -0.493 e. The van der Waals surface area contributed by atoms with Crippen LogP contribution in [0.1, 0.15) is 49.6 Å². The van der Waals surface area contributed by atoms with Gasteiger partial charge in [-0.15, -0.1) is 34.2 Å². The Morgan fingerprint density at radius 3 is 2.33 bits per heavy atom. The molecule has 0 radical (unpaired) electrons. The zero-order chi connectivity index (χ0) is 22.9. The third-order valence-corrected chi connectivity index (χ3v) is 5.18. The molecule has 7 nitrogen and oxygen atoms in total. The molecule has 0 bridgehead atoms. The van der Waals surface area contributed by atoms with Gasteiger partial charge in [-0.25, -0.2) is 4.99 Å². The van der Waals surface area contributed by atoms with Crippen LogP contribution in [0.3, 0.4) is 0 Å². The van der Waals surface area contributed by atoms with E-state index < -0.39 is 0 Å². The molecule has 0 amide bonds. The highest BCUT2D eigenvalue weighted by molar-refractivity contribution is 14.0. The van der Waals surface area contributed by atoms with Crippen LogP contribution < -0.4 is 15.4 Å². The summed E-state index contributed by atoms with van der Waals surface area (Å²) in [7, 11) is 1.96. The summed E-state index contributed by atoms with van der Waals surface area (Å²) in [5.74, 6) is 3.86. The van der Waals surface area contributed by atoms with Crippen LogP contribution in [0, 0.1) is 12.8 Å². The highest BCUT2D eigenvalue weighted by atomic mass is 127. The Morgan fingerprint density at radius 1 is 1.03 bits per heavy atom. The van der Waals surface area contributed by atoms with Gasteiger partial charge in [0.25, 0.3) is 0 Å². The lowest BCUT2D eigenvalue weighted by Gasteiger charge is -2.19. The number of ether oxygens (including phenoxy) is 1. The number of aliphatic imine (C=N–C) groups is 1. The highest BCUT2D eigenvalue weighted by Gasteiger charge is 2.11. The first-order valence-corrected chi connectivity index (χ1v) is 11.1. The lowest BCUT2D eigenvalue weighted by atomic mass is 10.1. The summed E-state index contributed by atoms with van der Waals surface area (Å²) in [4.78, 5) is 4.79. The van der Waals surface area contributed by atoms with E-state index in [0.717, 1.165) is 41.1 Å². The maximum Gasteiger partial charge on any atom is 0.192 e. The van der Waals surface area contributed by atoms with Crippen LogP contribution in [0.5, 0.6) is 5.75 Å². The first kappa shape index (κ1) is 26.6. The van der Waals surface area contributed by atoms with Crippen molar-refractivity contribution in [3.05, 3.63) is 77.4 Å². The summed E-state index contributed by atoms with van der Waals surface area (Å²) in [6.07, 6.45) is 0. The topological polar surface area (TPSA) is 76.4 Å². The molecular weight excluding hydrogens is 527 g/mol. The fourth-order valence-electron chi connectivity index (χ4n) is 3.08. The molecule has 0 saturated heterocycles. The van der Waals surface area contributed by atoms with Crippen molar-refractivity contribution in [2.75, 3.05) is 6.61 Å². The number of aryl methyl sites for hydroxylation is 1. The Kier molecular flexibility index (Phi) is 10.6. The first-order valence-electron chi connectivity index (χ1n) is 11.1. The van der Waals surface area contributed by atoms with E-state index in [0.29, 0.717) is 19.0 Å². The molecule has 0 fully saturated rings. The molecule has 3 aromatic rings. The van der Waals surface area contributed by atoms with Crippen LogP contribution in [0.15, 0.2) is 59.6 Å². The van der Waals surface area contributed by atoms with E-state index in [4.69, 9.17) is 9.73 Å². The van der Waals surface area contributed by atoms with Crippen molar-refractivity contribution < 1.29 is 4.74 Å². The molecule has 1 heterocycles. The second-order valence-electron chi connectivity index (χ2n) is 8.37. The van der Waals surface area contributed by atoms with Crippen molar-refractivity contribution in [3.63, 3.8) is 0 Å². The average Bonchev–Trinajstić information content (AvgIpc) is 3.12. The number of nitrogens with one attached hydrogen (secondary N) is 2. The van der Waals surface area contributed by atoms with Crippen molar-refractivity contribution in [2.24, 2.45) is 18.0 Å². The molecule has 178 valence electrons. The molecule has 0 spiro atoms. The standard InChI is InChI=1S/C25H34N6O.HI/c1-18(2)17-32-23-13-11-22(12-14-23)19(3)28-25(26-15-21-9-7-6-8-10-21)27-16-24-30-29-20(4)31(24)5;/h6-14,18-19H,15-17H2,1-5H3,(H2,26,27,28);1H. The van der Waals surface area contributed by atoms with Crippen molar-refractivity contribution >= 4 is 29.9 Å². The van der Waals surface area contributed by atoms with Crippen LogP contribution >= 0.6 is 24.0 Å². The molecule has 3 rings (SSSR count). The van der Waals surface area contributed by atoms with Crippen LogP contribution in [0.4, 0.5) is 0 Å². The van der Waals surface area contributed by atoms with E-state index in [9.17, 15) is 0 Å². The number of rotatable bonds is 9. The van der Waals surface area contributed by atoms with Crippen molar-refractivity contribution in [1.29, 1.82) is 0 Å². The van der Waals surface area contributed by atoms with E-state index in [2.05, 4.69) is 65.9 Å². The Bertz CT molecular complexity index is 1000. The summed E-state index contributed by atoms with van der Waals surface area (Å²) >= 11 is 0. The summed E-state index contributed by atoms with van der Waals surface area (Å²) in [5.41, 5.74) is 2.31. The molecule has 8 heteroatoms. The van der Waals surface area contributed by atoms with Gasteiger partial charge in [-0.05, 0) is 43.0 Å². The van der Waals surface area contributed by atoms with Crippen molar-refractivity contribution in [3.8, 4) is 5.75 Å². The van der Waals surface area contributed by atoms with Gasteiger partial charge < -0.3 is 19.9 Å². The number of benzene rings is 2. The van der Waals surface area contributed by atoms with E-state index in [1.807, 2.05) is 48.9 Å². The molecule has 2 N–H and O–H groups in total. The van der Waals surface area contributed by atoms with E-state index in [1.54, 1.807) is 0 Å². The first-order chi connectivity index (χ1) is 15.4. The Balaban J connectivity index is 0.00000385. The van der Waals surface area contributed by atoms with Crippen LogP contribution in [0.2, 0.25) is 0 Å². The van der Waals surface area contributed by atoms with E-state index in [-0.39, 0.29) is 30.0 Å². The largest absolute Gasteiger partial charge is 0.493 e. The van der Waals surface area contributed by atoms with Crippen molar-refractivity contribution in [1.82, 2.24) is 25.4 Å². The van der Waals surface area contributed by atoms with Crippen LogP contribution in [-0.4, -0.2) is 27.3 Å². The molecule has 33 heavy (non-hydrogen) atoms. The molecular formula is C25H35IN6O. The van der Waals surface area contributed by atoms with Gasteiger partial charge in [0.05, 0.1) is 25.7 Å². The Labute approximate surface area is 214 Å². The summed E-state index contributed by atoms with van der Waals surface area (Å²) in [6, 6.07) is 18.5. The summed E-state index contributed by atoms with van der Waals surface area (Å²) in [5, 5.41) is 15.3. The third kappa shape index (κ3) is 8.34. The zero-order valence-corrected chi connectivity index (χ0v) is 22.4. The molecule has 0 saturated carbocycles. The molecule has 2 aromatic carbocycles. The van der Waals surface area contributed by atoms with Crippen LogP contribution in [0.25, 0.3) is 0 Å². The smallest absolute Gasteiger partial charge is 0.192 e. The molecule has 1 atom stereocenters. The molecule has 1 aromatic heterocycles. The zero-order valence-electron chi connectivity index (χ0n) is 20.1. The molecule has 0 aliphatic rings. The van der Waals surface area contributed by atoms with Gasteiger partial charge in [0, 0.05) is 7.05 Å². The van der Waals surface area contributed by atoms with Crippen LogP contribution in [-0.2, 0) is 20.1 Å². The van der Waals surface area contributed by atoms with Crippen molar-refractivity contribution in [2.45, 2.75) is 46.8 Å². The number of hydrogen-bond acceptors (Lipinski definition) is 4. The van der Waals surface area contributed by atoms with Gasteiger partial charge in [-0.3, -0.25) is 0 Å². The minimum atomic E-state index is 0. The Hall–Kier alpha value is -2.62. The normalized spacial score (nSPS) is 12.2. The van der Waals surface area contributed by atoms with Gasteiger partial charge in [-0.1, -0.05) is 56.3 Å².